The highest BCUT2D eigenvalue weighted by atomic mass is 32.1. The molecule has 2 aromatic heterocycles. The first-order chi connectivity index (χ1) is 17.8. The molecule has 0 bridgehead atoms. The molecule has 1 N–H and O–H groups in total. The molecule has 5 rings (SSSR count). The molecule has 1 aromatic carbocycles. The molecule has 198 valence electrons. The number of nitrogens with zero attached hydrogens (tertiary/aromatic N) is 3. The third-order valence-corrected chi connectivity index (χ3v) is 8.39. The minimum Gasteiger partial charge on any atom is -0.470 e. The Morgan fingerprint density at radius 3 is 2.81 bits per heavy atom. The molecule has 0 unspecified atom stereocenters. The molecule has 1 amide bonds. The van der Waals surface area contributed by atoms with E-state index in [1.54, 1.807) is 6.20 Å². The number of aromatic nitrogens is 2. The van der Waals surface area contributed by atoms with Crippen LogP contribution in [0.1, 0.15) is 59.5 Å². The number of carbonyl (C=O) groups excluding carboxylic acids is 1. The first-order valence-electron chi connectivity index (χ1n) is 12.9. The van der Waals surface area contributed by atoms with E-state index < -0.39 is 12.6 Å². The Kier molecular flexibility index (Phi) is 7.95. The maximum Gasteiger partial charge on any atom is 0.392 e. The van der Waals surface area contributed by atoms with Gasteiger partial charge in [0.15, 0.2) is 0 Å². The molecule has 37 heavy (non-hydrogen) atoms. The number of hydrogen-bond donors (Lipinski definition) is 1. The summed E-state index contributed by atoms with van der Waals surface area (Å²) < 4.78 is 42.3. The van der Waals surface area contributed by atoms with Gasteiger partial charge in [-0.25, -0.2) is 4.98 Å². The van der Waals surface area contributed by atoms with Crippen molar-refractivity contribution in [1.29, 1.82) is 0 Å². The van der Waals surface area contributed by atoms with Crippen LogP contribution in [0.3, 0.4) is 0 Å². The fraction of sp³-hybridized carbons (Fsp3) is 0.519. The number of thiazole rings is 1. The molecule has 6 nitrogen and oxygen atoms in total. The number of benzene rings is 1. The normalized spacial score (nSPS) is 20.5. The second kappa shape index (κ2) is 11.3. The summed E-state index contributed by atoms with van der Waals surface area (Å²) in [6.45, 7) is 2.25. The first kappa shape index (κ1) is 25.9. The quantitative estimate of drug-likeness (QED) is 0.400. The van der Waals surface area contributed by atoms with E-state index in [1.807, 2.05) is 30.3 Å². The maximum absolute atomic E-state index is 12.9. The van der Waals surface area contributed by atoms with E-state index in [2.05, 4.69) is 20.2 Å². The average molecular weight is 533 g/mol. The first-order valence-corrected chi connectivity index (χ1v) is 13.7. The van der Waals surface area contributed by atoms with Crippen molar-refractivity contribution in [3.63, 3.8) is 0 Å². The van der Waals surface area contributed by atoms with Gasteiger partial charge in [0.25, 0.3) is 11.1 Å². The third-order valence-electron chi connectivity index (χ3n) is 7.32. The largest absolute Gasteiger partial charge is 0.470 e. The van der Waals surface area contributed by atoms with Crippen molar-refractivity contribution >= 4 is 28.1 Å². The Balaban J connectivity index is 1.04. The highest BCUT2D eigenvalue weighted by molar-refractivity contribution is 7.13. The minimum absolute atomic E-state index is 0.0313. The smallest absolute Gasteiger partial charge is 0.392 e. The summed E-state index contributed by atoms with van der Waals surface area (Å²) in [6, 6.07) is 9.63. The van der Waals surface area contributed by atoms with Crippen molar-refractivity contribution in [3.05, 3.63) is 52.7 Å². The van der Waals surface area contributed by atoms with Gasteiger partial charge in [0.1, 0.15) is 0 Å². The van der Waals surface area contributed by atoms with Gasteiger partial charge in [-0.3, -0.25) is 14.7 Å². The number of rotatable bonds is 8. The predicted octanol–water partition coefficient (Wildman–Crippen LogP) is 5.76. The molecule has 3 aromatic rings. The zero-order chi connectivity index (χ0) is 25.8. The molecular weight excluding hydrogens is 501 g/mol. The molecule has 2 aliphatic rings. The van der Waals surface area contributed by atoms with Gasteiger partial charge in [-0.1, -0.05) is 23.5 Å². The lowest BCUT2D eigenvalue weighted by Gasteiger charge is -2.32. The third kappa shape index (κ3) is 6.78. The standard InChI is InChI=1S/C27H31F3N4O2S/c28-27(29,30)12-16-36-26-33-23-17-34(15-11-24(23)37-26)14-10-18-6-8-19(9-7-18)32-25(35)21-3-1-5-22-20(21)4-2-13-31-22/h1-5,13,18-19H,6-12,14-17H2,(H,32,35)/t18-,19-. The van der Waals surface area contributed by atoms with Crippen LogP contribution in [0.4, 0.5) is 13.2 Å². The average Bonchev–Trinajstić information content (AvgIpc) is 3.29. The molecule has 0 atom stereocenters. The van der Waals surface area contributed by atoms with Crippen LogP contribution in [-0.4, -0.2) is 52.7 Å². The maximum atomic E-state index is 12.9. The number of hydrogen-bond acceptors (Lipinski definition) is 6. The summed E-state index contributed by atoms with van der Waals surface area (Å²) in [5.74, 6) is 0.601. The van der Waals surface area contributed by atoms with Crippen molar-refractivity contribution in [2.45, 2.75) is 63.7 Å². The van der Waals surface area contributed by atoms with Crippen LogP contribution >= 0.6 is 11.3 Å². The molecule has 1 aliphatic carbocycles. The topological polar surface area (TPSA) is 67.4 Å². The van der Waals surface area contributed by atoms with Crippen LogP contribution in [0.15, 0.2) is 36.5 Å². The number of amides is 1. The summed E-state index contributed by atoms with van der Waals surface area (Å²) in [7, 11) is 0. The van der Waals surface area contributed by atoms with Crippen molar-refractivity contribution in [3.8, 4) is 5.19 Å². The van der Waals surface area contributed by atoms with Crippen LogP contribution in [0, 0.1) is 5.92 Å². The lowest BCUT2D eigenvalue weighted by Crippen LogP contribution is -2.38. The van der Waals surface area contributed by atoms with Gasteiger partial charge in [-0.2, -0.15) is 13.2 Å². The zero-order valence-electron chi connectivity index (χ0n) is 20.6. The highest BCUT2D eigenvalue weighted by Crippen LogP contribution is 2.32. The van der Waals surface area contributed by atoms with Gasteiger partial charge < -0.3 is 10.1 Å². The molecule has 0 spiro atoms. The predicted molar refractivity (Wildman–Crippen MR) is 137 cm³/mol. The summed E-state index contributed by atoms with van der Waals surface area (Å²) >= 11 is 1.37. The molecule has 1 aliphatic heterocycles. The Hall–Kier alpha value is -2.72. The van der Waals surface area contributed by atoms with Crippen molar-refractivity contribution < 1.29 is 22.7 Å². The lowest BCUT2D eigenvalue weighted by molar-refractivity contribution is -0.139. The van der Waals surface area contributed by atoms with Crippen LogP contribution < -0.4 is 10.1 Å². The highest BCUT2D eigenvalue weighted by Gasteiger charge is 2.28. The summed E-state index contributed by atoms with van der Waals surface area (Å²) in [4.78, 5) is 25.2. The Bertz CT molecular complexity index is 1220. The van der Waals surface area contributed by atoms with Crippen molar-refractivity contribution in [2.75, 3.05) is 19.7 Å². The van der Waals surface area contributed by atoms with Gasteiger partial charge in [0.2, 0.25) is 0 Å². The fourth-order valence-electron chi connectivity index (χ4n) is 5.26. The van der Waals surface area contributed by atoms with Gasteiger partial charge >= 0.3 is 6.18 Å². The van der Waals surface area contributed by atoms with E-state index in [1.165, 1.54) is 11.3 Å². The number of fused-ring (bicyclic) bond motifs is 2. The monoisotopic (exact) mass is 532 g/mol. The van der Waals surface area contributed by atoms with Crippen LogP contribution in [0.5, 0.6) is 5.19 Å². The van der Waals surface area contributed by atoms with Crippen molar-refractivity contribution in [2.24, 2.45) is 5.92 Å². The number of ether oxygens (including phenoxy) is 1. The summed E-state index contributed by atoms with van der Waals surface area (Å²) in [5, 5.41) is 4.45. The van der Waals surface area contributed by atoms with Crippen LogP contribution in [0.25, 0.3) is 10.9 Å². The van der Waals surface area contributed by atoms with Gasteiger partial charge in [-0.05, 0) is 69.2 Å². The Morgan fingerprint density at radius 2 is 2.00 bits per heavy atom. The van der Waals surface area contributed by atoms with E-state index in [4.69, 9.17) is 4.74 Å². The number of carbonyl (C=O) groups is 1. The SMILES string of the molecule is O=C(N[C@H]1CC[C@H](CCN2CCc3sc(OCCC(F)(F)F)nc3C2)CC1)c1cccc2ncccc12. The van der Waals surface area contributed by atoms with E-state index in [0.29, 0.717) is 16.7 Å². The summed E-state index contributed by atoms with van der Waals surface area (Å²) in [6.07, 6.45) is 2.66. The molecule has 1 saturated carbocycles. The Labute approximate surface area is 218 Å². The number of halogens is 3. The lowest BCUT2D eigenvalue weighted by atomic mass is 9.84. The van der Waals surface area contributed by atoms with E-state index in [-0.39, 0.29) is 18.6 Å². The van der Waals surface area contributed by atoms with E-state index in [0.717, 1.165) is 79.6 Å². The van der Waals surface area contributed by atoms with Gasteiger partial charge in [0, 0.05) is 41.2 Å². The van der Waals surface area contributed by atoms with Crippen molar-refractivity contribution in [1.82, 2.24) is 20.2 Å². The molecule has 0 radical (unpaired) electrons. The zero-order valence-corrected chi connectivity index (χ0v) is 21.4. The summed E-state index contributed by atoms with van der Waals surface area (Å²) in [5.41, 5.74) is 2.44. The van der Waals surface area contributed by atoms with Crippen LogP contribution in [-0.2, 0) is 13.0 Å². The minimum atomic E-state index is -4.22. The molecule has 3 heterocycles. The molecule has 0 saturated heterocycles. The number of nitrogens with one attached hydrogen (secondary N) is 1. The van der Waals surface area contributed by atoms with Gasteiger partial charge in [-0.15, -0.1) is 0 Å². The molecular formula is C27H31F3N4O2S. The second-order valence-corrected chi connectivity index (χ2v) is 11.0. The van der Waals surface area contributed by atoms with E-state index in [9.17, 15) is 18.0 Å². The molecule has 1 fully saturated rings. The van der Waals surface area contributed by atoms with E-state index >= 15 is 0 Å². The fourth-order valence-corrected chi connectivity index (χ4v) is 6.19. The number of alkyl halides is 3. The molecule has 10 heteroatoms. The number of pyridine rings is 1. The van der Waals surface area contributed by atoms with Crippen LogP contribution in [0.2, 0.25) is 0 Å². The second-order valence-electron chi connectivity index (χ2n) is 9.94. The Morgan fingerprint density at radius 1 is 1.16 bits per heavy atom. The van der Waals surface area contributed by atoms with Gasteiger partial charge in [0.05, 0.1) is 24.2 Å².